The molecule has 0 unspecified atom stereocenters. The fourth-order valence-electron chi connectivity index (χ4n) is 5.23. The van der Waals surface area contributed by atoms with Gasteiger partial charge in [0.05, 0.1) is 6.42 Å². The van der Waals surface area contributed by atoms with E-state index in [0.29, 0.717) is 18.7 Å². The Hall–Kier alpha value is -2.79. The van der Waals surface area contributed by atoms with Gasteiger partial charge in [-0.25, -0.2) is 9.78 Å². The number of benzene rings is 1. The van der Waals surface area contributed by atoms with Crippen molar-refractivity contribution in [2.24, 2.45) is 0 Å². The van der Waals surface area contributed by atoms with Gasteiger partial charge in [0.15, 0.2) is 0 Å². The van der Waals surface area contributed by atoms with Gasteiger partial charge in [0, 0.05) is 41.8 Å². The number of pyridine rings is 1. The lowest BCUT2D eigenvalue weighted by molar-refractivity contribution is -0.133. The molecule has 2 saturated heterocycles. The fourth-order valence-corrected chi connectivity index (χ4v) is 5.92. The molecule has 0 radical (unpaired) electrons. The highest BCUT2D eigenvalue weighted by atomic mass is 32.1. The van der Waals surface area contributed by atoms with E-state index in [-0.39, 0.29) is 30.7 Å². The van der Waals surface area contributed by atoms with Crippen molar-refractivity contribution in [2.45, 2.75) is 69.8 Å². The Kier molecular flexibility index (Phi) is 6.63. The summed E-state index contributed by atoms with van der Waals surface area (Å²) in [6.07, 6.45) is 0.807. The topological polar surface area (TPSA) is 83.0 Å². The van der Waals surface area contributed by atoms with Crippen molar-refractivity contribution in [3.05, 3.63) is 35.5 Å². The van der Waals surface area contributed by atoms with Crippen LogP contribution in [0.5, 0.6) is 0 Å². The average molecular weight is 505 g/mol. The minimum Gasteiger partial charge on any atom is -0.318 e. The molecule has 2 amide bonds. The van der Waals surface area contributed by atoms with E-state index in [1.54, 1.807) is 6.20 Å². The summed E-state index contributed by atoms with van der Waals surface area (Å²) in [5, 5.41) is 17.9. The number of fused-ring (bicyclic) bond motifs is 3. The number of urea groups is 1. The highest BCUT2D eigenvalue weighted by Crippen LogP contribution is 2.35. The van der Waals surface area contributed by atoms with E-state index in [1.807, 2.05) is 36.1 Å². The first-order valence-corrected chi connectivity index (χ1v) is 12.7. The summed E-state index contributed by atoms with van der Waals surface area (Å²) in [7, 11) is 0. The number of nitrogens with one attached hydrogen (secondary N) is 2. The number of carbonyl (C=O) groups is 1. The number of halogens is 3. The SMILES string of the molecule is Cc1nnc(-c2ccc3cnc(NC(=O)N4[C@@H]5CCC[C@H]4C[C@@H](NCCC(F)(F)F)C5)cc3c2)s1. The van der Waals surface area contributed by atoms with Crippen molar-refractivity contribution in [3.63, 3.8) is 0 Å². The van der Waals surface area contributed by atoms with Gasteiger partial charge in [-0.1, -0.05) is 23.5 Å². The van der Waals surface area contributed by atoms with Gasteiger partial charge in [0.25, 0.3) is 0 Å². The van der Waals surface area contributed by atoms with Crippen LogP contribution < -0.4 is 10.6 Å². The molecule has 2 aromatic heterocycles. The molecule has 0 aliphatic carbocycles. The van der Waals surface area contributed by atoms with E-state index in [1.165, 1.54) is 11.3 Å². The molecule has 0 spiro atoms. The number of amides is 2. The maximum absolute atomic E-state index is 13.2. The number of aromatic nitrogens is 3. The van der Waals surface area contributed by atoms with E-state index in [2.05, 4.69) is 25.8 Å². The van der Waals surface area contributed by atoms with Crippen LogP contribution >= 0.6 is 11.3 Å². The third kappa shape index (κ3) is 5.56. The monoisotopic (exact) mass is 504 g/mol. The standard InChI is InChI=1S/C24H27F3N6OS/c1-14-31-32-22(35-14)15-5-6-16-13-29-21(10-17(16)9-15)30-23(34)33-19-3-2-4-20(33)12-18(11-19)28-8-7-24(25,26)27/h5-6,9-10,13,18-20,28H,2-4,7-8,11-12H2,1H3,(H,29,30,34)/t18-,19+,20-. The molecule has 4 heterocycles. The van der Waals surface area contributed by atoms with Crippen molar-refractivity contribution in [1.82, 2.24) is 25.4 Å². The molecular weight excluding hydrogens is 477 g/mol. The van der Waals surface area contributed by atoms with Crippen LogP contribution in [0.15, 0.2) is 30.5 Å². The van der Waals surface area contributed by atoms with Crippen molar-refractivity contribution >= 4 is 34.0 Å². The minimum absolute atomic E-state index is 0.00194. The first-order valence-electron chi connectivity index (χ1n) is 11.8. The molecule has 0 saturated carbocycles. The molecule has 1 aromatic carbocycles. The van der Waals surface area contributed by atoms with Gasteiger partial charge >= 0.3 is 12.2 Å². The van der Waals surface area contributed by atoms with Crippen LogP contribution in [0.1, 0.15) is 43.5 Å². The van der Waals surface area contributed by atoms with Gasteiger partial charge in [0.1, 0.15) is 15.8 Å². The predicted octanol–water partition coefficient (Wildman–Crippen LogP) is 5.52. The van der Waals surface area contributed by atoms with E-state index >= 15 is 0 Å². The molecule has 2 aliphatic rings. The highest BCUT2D eigenvalue weighted by Gasteiger charge is 2.41. The Morgan fingerprint density at radius 3 is 2.60 bits per heavy atom. The van der Waals surface area contributed by atoms with Crippen molar-refractivity contribution in [2.75, 3.05) is 11.9 Å². The summed E-state index contributed by atoms with van der Waals surface area (Å²) in [5.74, 6) is 0.469. The van der Waals surface area contributed by atoms with Crippen LogP contribution in [-0.2, 0) is 0 Å². The summed E-state index contributed by atoms with van der Waals surface area (Å²) in [4.78, 5) is 19.6. The van der Waals surface area contributed by atoms with Gasteiger partial charge in [0.2, 0.25) is 0 Å². The van der Waals surface area contributed by atoms with Crippen molar-refractivity contribution < 1.29 is 18.0 Å². The molecule has 2 N–H and O–H groups in total. The molecule has 3 atom stereocenters. The molecule has 2 bridgehead atoms. The second kappa shape index (κ2) is 9.69. The summed E-state index contributed by atoms with van der Waals surface area (Å²) < 4.78 is 37.5. The number of hydrogen-bond acceptors (Lipinski definition) is 6. The molecule has 186 valence electrons. The maximum Gasteiger partial charge on any atom is 0.390 e. The predicted molar refractivity (Wildman–Crippen MR) is 129 cm³/mol. The molecule has 5 rings (SSSR count). The molecular formula is C24H27F3N6OS. The Morgan fingerprint density at radius 2 is 1.91 bits per heavy atom. The van der Waals surface area contributed by atoms with Gasteiger partial charge in [-0.2, -0.15) is 13.2 Å². The summed E-state index contributed by atoms with van der Waals surface area (Å²) in [6.45, 7) is 1.83. The normalized spacial score (nSPS) is 22.4. The number of anilines is 1. The lowest BCUT2D eigenvalue weighted by Crippen LogP contribution is -2.59. The number of piperidine rings is 2. The van der Waals surface area contributed by atoms with Gasteiger partial charge in [-0.05, 0) is 56.5 Å². The van der Waals surface area contributed by atoms with Crippen LogP contribution in [-0.4, -0.2) is 57.0 Å². The summed E-state index contributed by atoms with van der Waals surface area (Å²) in [5.41, 5.74) is 0.959. The second-order valence-electron chi connectivity index (χ2n) is 9.32. The number of alkyl halides is 3. The van der Waals surface area contributed by atoms with Crippen LogP contribution in [0, 0.1) is 6.92 Å². The first kappa shape index (κ1) is 23.9. The van der Waals surface area contributed by atoms with Crippen LogP contribution in [0.4, 0.5) is 23.8 Å². The number of rotatable bonds is 5. The molecule has 2 fully saturated rings. The van der Waals surface area contributed by atoms with Gasteiger partial charge in [-0.15, -0.1) is 10.2 Å². The Bertz CT molecular complexity index is 1200. The van der Waals surface area contributed by atoms with Gasteiger partial charge < -0.3 is 10.2 Å². The lowest BCUT2D eigenvalue weighted by Gasteiger charge is -2.48. The van der Waals surface area contributed by atoms with Gasteiger partial charge in [-0.3, -0.25) is 5.32 Å². The molecule has 7 nitrogen and oxygen atoms in total. The lowest BCUT2D eigenvalue weighted by atomic mass is 9.82. The van der Waals surface area contributed by atoms with E-state index < -0.39 is 12.6 Å². The second-order valence-corrected chi connectivity index (χ2v) is 10.5. The van der Waals surface area contributed by atoms with Crippen molar-refractivity contribution in [1.29, 1.82) is 0 Å². The average Bonchev–Trinajstić information content (AvgIpc) is 3.23. The van der Waals surface area contributed by atoms with Crippen LogP contribution in [0.2, 0.25) is 0 Å². The first-order chi connectivity index (χ1) is 16.7. The Morgan fingerprint density at radius 1 is 1.14 bits per heavy atom. The summed E-state index contributed by atoms with van der Waals surface area (Å²) in [6, 6.07) is 7.65. The Labute approximate surface area is 205 Å². The molecule has 3 aromatic rings. The third-order valence-corrected chi connectivity index (χ3v) is 7.67. The highest BCUT2D eigenvalue weighted by molar-refractivity contribution is 7.14. The smallest absolute Gasteiger partial charge is 0.318 e. The molecule has 35 heavy (non-hydrogen) atoms. The molecule has 11 heteroatoms. The largest absolute Gasteiger partial charge is 0.390 e. The molecule has 2 aliphatic heterocycles. The zero-order valence-corrected chi connectivity index (χ0v) is 20.1. The fraction of sp³-hybridized carbons (Fsp3) is 0.500. The van der Waals surface area contributed by atoms with E-state index in [4.69, 9.17) is 0 Å². The minimum atomic E-state index is -4.16. The van der Waals surface area contributed by atoms with Crippen molar-refractivity contribution in [3.8, 4) is 10.6 Å². The Balaban J connectivity index is 1.27. The number of nitrogens with zero attached hydrogens (tertiary/aromatic N) is 4. The number of aryl methyl sites for hydroxylation is 1. The summed E-state index contributed by atoms with van der Waals surface area (Å²) >= 11 is 1.52. The number of hydrogen-bond donors (Lipinski definition) is 2. The zero-order chi connectivity index (χ0) is 24.6. The third-order valence-electron chi connectivity index (χ3n) is 6.78. The van der Waals surface area contributed by atoms with Crippen LogP contribution in [0.25, 0.3) is 21.3 Å². The van der Waals surface area contributed by atoms with Crippen LogP contribution in [0.3, 0.4) is 0 Å². The zero-order valence-electron chi connectivity index (χ0n) is 19.3. The van der Waals surface area contributed by atoms with E-state index in [9.17, 15) is 18.0 Å². The quantitative estimate of drug-likeness (QED) is 0.478. The maximum atomic E-state index is 13.2. The number of carbonyl (C=O) groups excluding carboxylic acids is 1. The van der Waals surface area contributed by atoms with E-state index in [0.717, 1.165) is 45.6 Å².